The molecule has 0 aliphatic carbocycles. The van der Waals surface area contributed by atoms with Crippen LogP contribution in [0.4, 0.5) is 5.69 Å². The van der Waals surface area contributed by atoms with Gasteiger partial charge in [-0.2, -0.15) is 0 Å². The first-order valence-corrected chi connectivity index (χ1v) is 6.97. The first-order chi connectivity index (χ1) is 9.75. The highest BCUT2D eigenvalue weighted by Crippen LogP contribution is 2.20. The van der Waals surface area contributed by atoms with Crippen molar-refractivity contribution in [1.82, 2.24) is 4.90 Å². The minimum absolute atomic E-state index is 0.498. The van der Waals surface area contributed by atoms with E-state index in [9.17, 15) is 10.0 Å². The minimum Gasteiger partial charge on any atom is -0.423 e. The van der Waals surface area contributed by atoms with E-state index in [4.69, 9.17) is 0 Å². The number of benzene rings is 1. The maximum atomic E-state index is 9.31. The van der Waals surface area contributed by atoms with Gasteiger partial charge in [0.15, 0.2) is 0 Å². The van der Waals surface area contributed by atoms with Crippen LogP contribution in [0.1, 0.15) is 12.8 Å². The molecule has 0 saturated carbocycles. The number of nitrogens with zero attached hydrogens (tertiary/aromatic N) is 3. The van der Waals surface area contributed by atoms with E-state index in [0.29, 0.717) is 5.46 Å². The Hall–Kier alpha value is -1.79. The molecule has 1 aromatic rings. The Kier molecular flexibility index (Phi) is 3.76. The molecule has 2 aliphatic heterocycles. The molecule has 0 aromatic heterocycles. The van der Waals surface area contributed by atoms with Crippen LogP contribution in [0, 0.1) is 0 Å². The summed E-state index contributed by atoms with van der Waals surface area (Å²) in [6.45, 7) is 2.82. The summed E-state index contributed by atoms with van der Waals surface area (Å²) in [7, 11) is -1.44. The van der Waals surface area contributed by atoms with Crippen LogP contribution < -0.4 is 10.4 Å². The van der Waals surface area contributed by atoms with Crippen molar-refractivity contribution in [3.05, 3.63) is 36.5 Å². The third kappa shape index (κ3) is 2.57. The zero-order valence-electron chi connectivity index (χ0n) is 11.3. The molecule has 2 heterocycles. The molecule has 20 heavy (non-hydrogen) atoms. The first-order valence-electron chi connectivity index (χ1n) is 6.97. The van der Waals surface area contributed by atoms with Crippen molar-refractivity contribution >= 4 is 24.2 Å². The molecular formula is C14H18BN3O2. The number of hydrogen-bond acceptors (Lipinski definition) is 5. The second-order valence-corrected chi connectivity index (χ2v) is 5.09. The van der Waals surface area contributed by atoms with E-state index in [-0.39, 0.29) is 0 Å². The summed E-state index contributed by atoms with van der Waals surface area (Å²) in [6, 6.07) is 7.32. The summed E-state index contributed by atoms with van der Waals surface area (Å²) < 4.78 is 0. The first kappa shape index (κ1) is 13.2. The van der Waals surface area contributed by atoms with Crippen LogP contribution in [-0.2, 0) is 0 Å². The number of likely N-dealkylation sites (tertiary alicyclic amines) is 1. The molecule has 5 nitrogen and oxygen atoms in total. The van der Waals surface area contributed by atoms with E-state index in [1.54, 1.807) is 12.1 Å². The predicted molar refractivity (Wildman–Crippen MR) is 81.0 cm³/mol. The van der Waals surface area contributed by atoms with Gasteiger partial charge in [0.25, 0.3) is 0 Å². The number of hydrogen-bond donors (Lipinski definition) is 2. The zero-order chi connectivity index (χ0) is 13.9. The van der Waals surface area contributed by atoms with Crippen molar-refractivity contribution in [3.63, 3.8) is 0 Å². The van der Waals surface area contributed by atoms with Gasteiger partial charge in [-0.25, -0.2) is 4.99 Å². The van der Waals surface area contributed by atoms with Gasteiger partial charge in [0.1, 0.15) is 0 Å². The molecule has 2 N–H and O–H groups in total. The van der Waals surface area contributed by atoms with E-state index in [0.717, 1.165) is 31.3 Å². The van der Waals surface area contributed by atoms with Crippen LogP contribution in [0.25, 0.3) is 0 Å². The van der Waals surface area contributed by atoms with E-state index in [1.807, 2.05) is 24.4 Å². The molecule has 0 amide bonds. The number of aliphatic imine (C=N–C) groups is 1. The lowest BCUT2D eigenvalue weighted by atomic mass is 9.80. The van der Waals surface area contributed by atoms with Crippen molar-refractivity contribution in [2.75, 3.05) is 24.5 Å². The molecule has 0 atom stereocenters. The normalized spacial score (nSPS) is 18.4. The minimum atomic E-state index is -1.44. The fourth-order valence-corrected chi connectivity index (χ4v) is 2.67. The number of anilines is 1. The smallest absolute Gasteiger partial charge is 0.423 e. The Morgan fingerprint density at radius 2 is 1.95 bits per heavy atom. The van der Waals surface area contributed by atoms with Crippen LogP contribution in [0.15, 0.2) is 41.5 Å². The van der Waals surface area contributed by atoms with Gasteiger partial charge in [-0.15, -0.1) is 0 Å². The van der Waals surface area contributed by atoms with Crippen molar-refractivity contribution in [1.29, 1.82) is 0 Å². The molecule has 0 radical (unpaired) electrons. The number of guanidine groups is 1. The largest absolute Gasteiger partial charge is 0.488 e. The van der Waals surface area contributed by atoms with Crippen molar-refractivity contribution in [3.8, 4) is 0 Å². The molecule has 0 bridgehead atoms. The number of rotatable bonds is 2. The molecule has 0 unspecified atom stereocenters. The third-order valence-corrected chi connectivity index (χ3v) is 3.69. The third-order valence-electron chi connectivity index (χ3n) is 3.69. The fourth-order valence-electron chi connectivity index (χ4n) is 2.67. The second-order valence-electron chi connectivity index (χ2n) is 5.09. The summed E-state index contributed by atoms with van der Waals surface area (Å²) in [5, 5.41) is 18.6. The molecule has 6 heteroatoms. The van der Waals surface area contributed by atoms with Gasteiger partial charge in [-0.3, -0.25) is 0 Å². The van der Waals surface area contributed by atoms with Crippen LogP contribution in [0.5, 0.6) is 0 Å². The lowest BCUT2D eigenvalue weighted by Gasteiger charge is -2.32. The molecule has 1 saturated heterocycles. The second kappa shape index (κ2) is 5.69. The SMILES string of the molecule is OB(O)c1cccc(N2CC=CN=C2N2CCCC2)c1. The molecule has 1 aromatic carbocycles. The van der Waals surface area contributed by atoms with Gasteiger partial charge in [-0.05, 0) is 36.5 Å². The Bertz CT molecular complexity index is 539. The van der Waals surface area contributed by atoms with Crippen LogP contribution in [-0.4, -0.2) is 47.7 Å². The Balaban J connectivity index is 1.89. The van der Waals surface area contributed by atoms with Gasteiger partial charge < -0.3 is 19.8 Å². The standard InChI is InChI=1S/C14H18BN3O2/c19-15(20)12-5-3-6-13(11-12)18-10-4-7-16-14(18)17-8-1-2-9-17/h3-7,11,19-20H,1-2,8-10H2. The van der Waals surface area contributed by atoms with E-state index < -0.39 is 7.12 Å². The van der Waals surface area contributed by atoms with Crippen LogP contribution >= 0.6 is 0 Å². The van der Waals surface area contributed by atoms with Crippen molar-refractivity contribution in [2.45, 2.75) is 12.8 Å². The molecule has 3 rings (SSSR count). The summed E-state index contributed by atoms with van der Waals surface area (Å²) >= 11 is 0. The average Bonchev–Trinajstić information content (AvgIpc) is 3.01. The highest BCUT2D eigenvalue weighted by atomic mass is 16.4. The van der Waals surface area contributed by atoms with Gasteiger partial charge in [-0.1, -0.05) is 12.1 Å². The van der Waals surface area contributed by atoms with E-state index >= 15 is 0 Å². The summed E-state index contributed by atoms with van der Waals surface area (Å²) in [4.78, 5) is 8.90. The molecule has 0 spiro atoms. The lowest BCUT2D eigenvalue weighted by molar-refractivity contribution is 0.426. The van der Waals surface area contributed by atoms with Crippen LogP contribution in [0.2, 0.25) is 0 Å². The maximum absolute atomic E-state index is 9.31. The monoisotopic (exact) mass is 271 g/mol. The van der Waals surface area contributed by atoms with Gasteiger partial charge >= 0.3 is 7.12 Å². The maximum Gasteiger partial charge on any atom is 0.488 e. The summed E-state index contributed by atoms with van der Waals surface area (Å²) in [5.41, 5.74) is 1.43. The highest BCUT2D eigenvalue weighted by Gasteiger charge is 2.24. The fraction of sp³-hybridized carbons (Fsp3) is 0.357. The summed E-state index contributed by atoms with van der Waals surface area (Å²) in [6.07, 6.45) is 6.24. The van der Waals surface area contributed by atoms with Crippen molar-refractivity contribution in [2.24, 2.45) is 4.99 Å². The van der Waals surface area contributed by atoms with E-state index in [1.165, 1.54) is 12.8 Å². The van der Waals surface area contributed by atoms with Gasteiger partial charge in [0, 0.05) is 31.5 Å². The summed E-state index contributed by atoms with van der Waals surface area (Å²) in [5.74, 6) is 0.953. The Labute approximate surface area is 119 Å². The average molecular weight is 271 g/mol. The predicted octanol–water partition coefficient (Wildman–Crippen LogP) is 0.152. The Morgan fingerprint density at radius 3 is 2.70 bits per heavy atom. The Morgan fingerprint density at radius 1 is 1.15 bits per heavy atom. The zero-order valence-corrected chi connectivity index (χ0v) is 11.3. The molecule has 104 valence electrons. The van der Waals surface area contributed by atoms with Gasteiger partial charge in [0.05, 0.1) is 0 Å². The van der Waals surface area contributed by atoms with Crippen LogP contribution in [0.3, 0.4) is 0 Å². The highest BCUT2D eigenvalue weighted by molar-refractivity contribution is 6.58. The van der Waals surface area contributed by atoms with Crippen molar-refractivity contribution < 1.29 is 10.0 Å². The molecule has 1 fully saturated rings. The van der Waals surface area contributed by atoms with Gasteiger partial charge in [0.2, 0.25) is 5.96 Å². The molecule has 2 aliphatic rings. The molecular weight excluding hydrogens is 253 g/mol. The lowest BCUT2D eigenvalue weighted by Crippen LogP contribution is -2.45. The quantitative estimate of drug-likeness (QED) is 0.752. The topological polar surface area (TPSA) is 59.3 Å². The van der Waals surface area contributed by atoms with E-state index in [2.05, 4.69) is 14.8 Å².